The van der Waals surface area contributed by atoms with Gasteiger partial charge in [-0.25, -0.2) is 0 Å². The Balaban J connectivity index is 2.16. The number of nitro groups is 1. The topological polar surface area (TPSA) is 65.3 Å². The highest BCUT2D eigenvalue weighted by Gasteiger charge is 2.15. The highest BCUT2D eigenvalue weighted by Crippen LogP contribution is 2.30. The zero-order chi connectivity index (χ0) is 13.8. The van der Waals surface area contributed by atoms with E-state index in [9.17, 15) is 10.1 Å². The maximum atomic E-state index is 10.8. The Morgan fingerprint density at radius 2 is 2.16 bits per heavy atom. The molecule has 19 heavy (non-hydrogen) atoms. The lowest BCUT2D eigenvalue weighted by Gasteiger charge is -2.06. The summed E-state index contributed by atoms with van der Waals surface area (Å²) in [5.74, 6) is 0.127. The monoisotopic (exact) mass is 342 g/mol. The summed E-state index contributed by atoms with van der Waals surface area (Å²) >= 11 is 9.07. The van der Waals surface area contributed by atoms with E-state index in [4.69, 9.17) is 16.3 Å². The summed E-state index contributed by atoms with van der Waals surface area (Å²) in [6, 6.07) is 7.76. The smallest absolute Gasteiger partial charge is 0.311 e. The van der Waals surface area contributed by atoms with Crippen LogP contribution in [0.3, 0.4) is 0 Å². The van der Waals surface area contributed by atoms with Gasteiger partial charge < -0.3 is 4.74 Å². The molecular formula is C12H8BrClN2O3. The molecule has 2 aromatic rings. The average molecular weight is 344 g/mol. The lowest BCUT2D eigenvalue weighted by Crippen LogP contribution is -2.00. The highest BCUT2D eigenvalue weighted by molar-refractivity contribution is 9.10. The Kier molecular flexibility index (Phi) is 4.34. The molecule has 1 heterocycles. The van der Waals surface area contributed by atoms with Crippen molar-refractivity contribution in [1.29, 1.82) is 0 Å². The summed E-state index contributed by atoms with van der Waals surface area (Å²) in [7, 11) is 0. The molecule has 5 nitrogen and oxygen atoms in total. The average Bonchev–Trinajstić information content (AvgIpc) is 2.38. The number of aromatic nitrogens is 1. The highest BCUT2D eigenvalue weighted by atomic mass is 79.9. The first kappa shape index (κ1) is 13.8. The minimum atomic E-state index is -0.513. The lowest BCUT2D eigenvalue weighted by molar-refractivity contribution is -0.385. The van der Waals surface area contributed by atoms with Gasteiger partial charge in [0, 0.05) is 27.8 Å². The minimum absolute atomic E-state index is 0.124. The van der Waals surface area contributed by atoms with Crippen molar-refractivity contribution in [2.75, 3.05) is 0 Å². The molecule has 1 aromatic heterocycles. The number of benzene rings is 1. The quantitative estimate of drug-likeness (QED) is 0.622. The molecule has 0 spiro atoms. The van der Waals surface area contributed by atoms with E-state index < -0.39 is 4.92 Å². The Bertz CT molecular complexity index is 604. The van der Waals surface area contributed by atoms with Crippen molar-refractivity contribution in [2.24, 2.45) is 0 Å². The summed E-state index contributed by atoms with van der Waals surface area (Å²) in [6.07, 6.45) is 1.63. The van der Waals surface area contributed by atoms with Crippen molar-refractivity contribution >= 4 is 33.2 Å². The Morgan fingerprint density at radius 1 is 1.37 bits per heavy atom. The first-order chi connectivity index (χ1) is 9.06. The molecule has 0 aliphatic rings. The van der Waals surface area contributed by atoms with Gasteiger partial charge in [-0.05, 0) is 34.1 Å². The maximum absolute atomic E-state index is 10.8. The number of rotatable bonds is 4. The zero-order valence-electron chi connectivity index (χ0n) is 9.55. The summed E-state index contributed by atoms with van der Waals surface area (Å²) in [5.41, 5.74) is 0.541. The third-order valence-electron chi connectivity index (χ3n) is 2.28. The van der Waals surface area contributed by atoms with Crippen molar-refractivity contribution in [2.45, 2.75) is 6.61 Å². The van der Waals surface area contributed by atoms with Gasteiger partial charge >= 0.3 is 5.69 Å². The Labute approximate surface area is 122 Å². The zero-order valence-corrected chi connectivity index (χ0v) is 11.9. The molecule has 0 fully saturated rings. The number of hydrogen-bond acceptors (Lipinski definition) is 4. The molecule has 0 aliphatic heterocycles. The van der Waals surface area contributed by atoms with Crippen LogP contribution in [0.15, 0.2) is 41.0 Å². The predicted molar refractivity (Wildman–Crippen MR) is 74.4 cm³/mol. The molecule has 0 atom stereocenters. The fourth-order valence-electron chi connectivity index (χ4n) is 1.40. The van der Waals surface area contributed by atoms with Crippen molar-refractivity contribution in [1.82, 2.24) is 4.98 Å². The van der Waals surface area contributed by atoms with Crippen LogP contribution in [-0.2, 0) is 6.61 Å². The largest absolute Gasteiger partial charge is 0.480 e. The van der Waals surface area contributed by atoms with E-state index in [1.165, 1.54) is 18.2 Å². The van der Waals surface area contributed by atoms with Crippen LogP contribution in [0.4, 0.5) is 5.69 Å². The van der Waals surface area contributed by atoms with Gasteiger partial charge in [-0.2, -0.15) is 0 Å². The Hall–Kier alpha value is -1.66. The van der Waals surface area contributed by atoms with Crippen molar-refractivity contribution in [3.63, 3.8) is 0 Å². The standard InChI is InChI=1S/C12H8BrClN2O3/c13-8-1-3-10(15-6-8)7-19-12-5-9(14)2-4-11(12)16(17)18/h1-6H,7H2. The van der Waals surface area contributed by atoms with Crippen LogP contribution in [-0.4, -0.2) is 9.91 Å². The first-order valence-corrected chi connectivity index (χ1v) is 6.40. The van der Waals surface area contributed by atoms with Gasteiger partial charge in [-0.15, -0.1) is 0 Å². The van der Waals surface area contributed by atoms with Crippen LogP contribution in [0.5, 0.6) is 5.75 Å². The van der Waals surface area contributed by atoms with Crippen LogP contribution in [0.1, 0.15) is 5.69 Å². The fraction of sp³-hybridized carbons (Fsp3) is 0.0833. The molecule has 0 N–H and O–H groups in total. The SMILES string of the molecule is O=[N+]([O-])c1ccc(Cl)cc1OCc1ccc(Br)cn1. The normalized spacial score (nSPS) is 10.2. The lowest BCUT2D eigenvalue weighted by atomic mass is 10.3. The van der Waals surface area contributed by atoms with Gasteiger partial charge in [0.2, 0.25) is 0 Å². The van der Waals surface area contributed by atoms with Crippen LogP contribution >= 0.6 is 27.5 Å². The predicted octanol–water partition coefficient (Wildman–Crippen LogP) is 3.98. The second-order valence-electron chi connectivity index (χ2n) is 3.63. The van der Waals surface area contributed by atoms with Crippen LogP contribution in [0.25, 0.3) is 0 Å². The number of nitro benzene ring substituents is 1. The van der Waals surface area contributed by atoms with Crippen molar-refractivity contribution < 1.29 is 9.66 Å². The number of pyridine rings is 1. The molecule has 0 bridgehead atoms. The molecule has 2 rings (SSSR count). The van der Waals surface area contributed by atoms with Gasteiger partial charge in [0.05, 0.1) is 10.6 Å². The van der Waals surface area contributed by atoms with Crippen molar-refractivity contribution in [3.05, 3.63) is 61.8 Å². The number of hydrogen-bond donors (Lipinski definition) is 0. The molecule has 98 valence electrons. The number of halogens is 2. The number of nitrogens with zero attached hydrogens (tertiary/aromatic N) is 2. The maximum Gasteiger partial charge on any atom is 0.311 e. The number of ether oxygens (including phenoxy) is 1. The third-order valence-corrected chi connectivity index (χ3v) is 2.99. The summed E-state index contributed by atoms with van der Waals surface area (Å²) in [5, 5.41) is 11.2. The summed E-state index contributed by atoms with van der Waals surface area (Å²) < 4.78 is 6.25. The molecule has 0 amide bonds. The van der Waals surface area contributed by atoms with E-state index in [-0.39, 0.29) is 18.0 Å². The van der Waals surface area contributed by atoms with Gasteiger partial charge in [-0.3, -0.25) is 15.1 Å². The molecule has 0 radical (unpaired) electrons. The van der Waals surface area contributed by atoms with Crippen molar-refractivity contribution in [3.8, 4) is 5.75 Å². The molecule has 0 aliphatic carbocycles. The second-order valence-corrected chi connectivity index (χ2v) is 4.98. The van der Waals surface area contributed by atoms with Gasteiger partial charge in [0.1, 0.15) is 6.61 Å². The van der Waals surface area contributed by atoms with E-state index in [1.807, 2.05) is 6.07 Å². The molecular weight excluding hydrogens is 336 g/mol. The molecule has 0 saturated heterocycles. The minimum Gasteiger partial charge on any atom is -0.480 e. The van der Waals surface area contributed by atoms with Gasteiger partial charge in [0.25, 0.3) is 0 Å². The van der Waals surface area contributed by atoms with Crippen LogP contribution < -0.4 is 4.74 Å². The van der Waals surface area contributed by atoms with Crippen LogP contribution in [0, 0.1) is 10.1 Å². The van der Waals surface area contributed by atoms with Gasteiger partial charge in [-0.1, -0.05) is 11.6 Å². The van der Waals surface area contributed by atoms with E-state index in [2.05, 4.69) is 20.9 Å². The van der Waals surface area contributed by atoms with E-state index >= 15 is 0 Å². The fourth-order valence-corrected chi connectivity index (χ4v) is 1.79. The summed E-state index contributed by atoms with van der Waals surface area (Å²) in [6.45, 7) is 0.133. The molecule has 7 heteroatoms. The Morgan fingerprint density at radius 3 is 2.79 bits per heavy atom. The molecule has 0 saturated carbocycles. The van der Waals surface area contributed by atoms with Gasteiger partial charge in [0.15, 0.2) is 5.75 Å². The first-order valence-electron chi connectivity index (χ1n) is 5.23. The molecule has 0 unspecified atom stereocenters. The summed E-state index contributed by atoms with van der Waals surface area (Å²) in [4.78, 5) is 14.5. The van der Waals surface area contributed by atoms with Crippen LogP contribution in [0.2, 0.25) is 5.02 Å². The molecule has 1 aromatic carbocycles. The van der Waals surface area contributed by atoms with E-state index in [1.54, 1.807) is 12.3 Å². The van der Waals surface area contributed by atoms with E-state index in [0.717, 1.165) is 4.47 Å². The third kappa shape index (κ3) is 3.65. The van der Waals surface area contributed by atoms with E-state index in [0.29, 0.717) is 10.7 Å². The second kappa shape index (κ2) is 5.99.